The van der Waals surface area contributed by atoms with Crippen LogP contribution in [-0.2, 0) is 34.0 Å². The molecule has 0 spiro atoms. The maximum atomic E-state index is 10.5. The number of carbonyl (C=O) groups is 2. The number of allylic oxidation sites excluding steroid dienone is 1. The number of ketones is 1. The summed E-state index contributed by atoms with van der Waals surface area (Å²) in [5, 5.41) is 0. The van der Waals surface area contributed by atoms with Gasteiger partial charge >= 0.3 is 0 Å². The molecule has 0 atom stereocenters. The fourth-order valence-electron chi connectivity index (χ4n) is 3.39. The van der Waals surface area contributed by atoms with Crippen molar-refractivity contribution in [2.24, 2.45) is 5.73 Å². The molecule has 0 fully saturated rings. The number of ether oxygens (including phenoxy) is 3. The number of nitrogens with zero attached hydrogens (tertiary/aromatic N) is 1. The summed E-state index contributed by atoms with van der Waals surface area (Å²) in [5.74, 6) is 1.29. The van der Waals surface area contributed by atoms with Gasteiger partial charge in [-0.05, 0) is 74.2 Å². The maximum absolute atomic E-state index is 10.5. The van der Waals surface area contributed by atoms with E-state index < -0.39 is 5.91 Å². The van der Waals surface area contributed by atoms with E-state index in [1.165, 1.54) is 13.8 Å². The van der Waals surface area contributed by atoms with Crippen molar-refractivity contribution in [2.75, 3.05) is 13.7 Å². The van der Waals surface area contributed by atoms with Crippen LogP contribution in [0, 0.1) is 0 Å². The maximum Gasteiger partial charge on any atom is 0.255 e. The summed E-state index contributed by atoms with van der Waals surface area (Å²) in [6, 6.07) is 19.6. The van der Waals surface area contributed by atoms with Gasteiger partial charge in [-0.25, -0.2) is 4.98 Å². The minimum Gasteiger partial charge on any atom is -0.487 e. The number of aromatic nitrogens is 1. The average molecular weight is 577 g/mol. The predicted molar refractivity (Wildman–Crippen MR) is 173 cm³/mol. The summed E-state index contributed by atoms with van der Waals surface area (Å²) in [7, 11) is 1.68. The number of methoxy groups -OCH3 is 1. The molecule has 0 bridgehead atoms. The number of hydrogen-bond acceptors (Lipinski definition) is 6. The number of benzene rings is 2. The van der Waals surface area contributed by atoms with Gasteiger partial charge in [0.25, 0.3) is 5.91 Å². The topological polar surface area (TPSA) is 101 Å². The zero-order valence-corrected chi connectivity index (χ0v) is 26.3. The quantitative estimate of drug-likeness (QED) is 0.238. The Morgan fingerprint density at radius 2 is 1.67 bits per heavy atom. The first-order valence-electron chi connectivity index (χ1n) is 14.2. The van der Waals surface area contributed by atoms with Gasteiger partial charge < -0.3 is 24.7 Å². The van der Waals surface area contributed by atoms with E-state index in [0.29, 0.717) is 13.2 Å². The van der Waals surface area contributed by atoms with Gasteiger partial charge in [-0.3, -0.25) is 4.79 Å². The molecule has 42 heavy (non-hydrogen) atoms. The summed E-state index contributed by atoms with van der Waals surface area (Å²) >= 11 is 0. The lowest BCUT2D eigenvalue weighted by molar-refractivity contribution is -0.120. The molecular weight excluding hydrogens is 528 g/mol. The summed E-state index contributed by atoms with van der Waals surface area (Å²) in [6.45, 7) is 15.9. The van der Waals surface area contributed by atoms with Gasteiger partial charge in [-0.2, -0.15) is 0 Å². The monoisotopic (exact) mass is 576 g/mol. The first-order chi connectivity index (χ1) is 20.2. The van der Waals surface area contributed by atoms with Crippen molar-refractivity contribution >= 4 is 23.8 Å². The number of pyridine rings is 1. The van der Waals surface area contributed by atoms with E-state index in [-0.39, 0.29) is 12.4 Å². The lowest BCUT2D eigenvalue weighted by atomic mass is 10.1. The van der Waals surface area contributed by atoms with E-state index in [2.05, 4.69) is 18.5 Å². The summed E-state index contributed by atoms with van der Waals surface area (Å²) < 4.78 is 16.2. The number of primary amides is 1. The Bertz CT molecular complexity index is 1230. The standard InChI is InChI=1S/C19H21NO2.C11H15NO2.C3H6O.C2H6/c1-4-7-19-16(5-2)10-11-17(20-19)14-22-18-9-6-8-15(12-18)13-21-3;1-2-5-9-6-3-4-7-10(9)14-8-11(12)13;1-3(2)4;1-2/h4-12H,2,13-14H2,1,3H3;3-4,6-7H,2,5,8H2,1H3,(H2,12,13);1-2H3;1-2H3/b7-4-;;;. The first-order valence-corrected chi connectivity index (χ1v) is 14.2. The van der Waals surface area contributed by atoms with Crippen molar-refractivity contribution in [3.8, 4) is 11.5 Å². The number of para-hydroxylation sites is 1. The Balaban J connectivity index is 0.000000719. The third-order valence-electron chi connectivity index (χ3n) is 5.02. The van der Waals surface area contributed by atoms with Crippen molar-refractivity contribution in [1.82, 2.24) is 4.98 Å². The van der Waals surface area contributed by atoms with Crippen molar-refractivity contribution in [3.63, 3.8) is 0 Å². The number of carbonyl (C=O) groups excluding carboxylic acids is 2. The highest BCUT2D eigenvalue weighted by Gasteiger charge is 2.04. The molecule has 0 saturated heterocycles. The molecule has 7 heteroatoms. The van der Waals surface area contributed by atoms with E-state index >= 15 is 0 Å². The van der Waals surface area contributed by atoms with Gasteiger partial charge in [0.05, 0.1) is 18.0 Å². The third kappa shape index (κ3) is 16.8. The van der Waals surface area contributed by atoms with Crippen LogP contribution in [0.4, 0.5) is 0 Å². The molecule has 2 aromatic carbocycles. The van der Waals surface area contributed by atoms with Crippen LogP contribution in [0.5, 0.6) is 11.5 Å². The number of nitrogens with two attached hydrogens (primary N) is 1. The normalized spacial score (nSPS) is 9.69. The molecule has 228 valence electrons. The molecule has 0 radical (unpaired) electrons. The molecule has 3 rings (SSSR count). The second-order valence-electron chi connectivity index (χ2n) is 8.87. The largest absolute Gasteiger partial charge is 0.487 e. The molecular formula is C35H48N2O5. The molecule has 0 aliphatic carbocycles. The van der Waals surface area contributed by atoms with Crippen molar-refractivity contribution in [3.05, 3.63) is 101 Å². The Hall–Kier alpha value is -4.23. The summed E-state index contributed by atoms with van der Waals surface area (Å²) in [4.78, 5) is 24.6. The molecule has 1 amide bonds. The second kappa shape index (κ2) is 23.5. The van der Waals surface area contributed by atoms with Crippen molar-refractivity contribution < 1.29 is 23.8 Å². The van der Waals surface area contributed by atoms with Crippen LogP contribution >= 0.6 is 0 Å². The zero-order valence-electron chi connectivity index (χ0n) is 26.3. The summed E-state index contributed by atoms with van der Waals surface area (Å²) in [6.07, 6.45) is 7.75. The second-order valence-corrected chi connectivity index (χ2v) is 8.87. The first kappa shape index (κ1) is 37.8. The predicted octanol–water partition coefficient (Wildman–Crippen LogP) is 7.61. The van der Waals surface area contributed by atoms with E-state index in [9.17, 15) is 9.59 Å². The SMILES string of the molecule is C=Cc1ccc(COc2cccc(COC)c2)nc1/C=C\C.CC.CC(C)=O.CCCc1ccccc1OCC(N)=O. The highest BCUT2D eigenvalue weighted by Crippen LogP contribution is 2.19. The Morgan fingerprint density at radius 3 is 2.26 bits per heavy atom. The fourth-order valence-corrected chi connectivity index (χ4v) is 3.39. The van der Waals surface area contributed by atoms with Crippen LogP contribution in [0.2, 0.25) is 0 Å². The van der Waals surface area contributed by atoms with E-state index in [1.54, 1.807) is 13.2 Å². The van der Waals surface area contributed by atoms with Crippen LogP contribution in [0.3, 0.4) is 0 Å². The Morgan fingerprint density at radius 1 is 0.976 bits per heavy atom. The zero-order chi connectivity index (χ0) is 31.8. The van der Waals surface area contributed by atoms with Gasteiger partial charge in [0.15, 0.2) is 6.61 Å². The van der Waals surface area contributed by atoms with Crippen LogP contribution in [0.25, 0.3) is 12.2 Å². The average Bonchev–Trinajstić information content (AvgIpc) is 2.97. The number of hydrogen-bond donors (Lipinski definition) is 1. The highest BCUT2D eigenvalue weighted by atomic mass is 16.5. The van der Waals surface area contributed by atoms with Crippen LogP contribution in [0.1, 0.15) is 76.0 Å². The minimum absolute atomic E-state index is 0.0548. The van der Waals surface area contributed by atoms with E-state index in [1.807, 2.05) is 93.6 Å². The van der Waals surface area contributed by atoms with Gasteiger partial charge in [-0.15, -0.1) is 0 Å². The highest BCUT2D eigenvalue weighted by molar-refractivity contribution is 5.75. The molecule has 2 N–H and O–H groups in total. The van der Waals surface area contributed by atoms with E-state index in [4.69, 9.17) is 19.9 Å². The number of amides is 1. The lowest BCUT2D eigenvalue weighted by Gasteiger charge is -2.09. The van der Waals surface area contributed by atoms with E-state index in [0.717, 1.165) is 52.4 Å². The number of aryl methyl sites for hydroxylation is 1. The van der Waals surface area contributed by atoms with Crippen molar-refractivity contribution in [1.29, 1.82) is 0 Å². The molecule has 0 aliphatic rings. The van der Waals surface area contributed by atoms with Crippen LogP contribution < -0.4 is 15.2 Å². The Labute approximate surface area is 252 Å². The molecule has 1 heterocycles. The smallest absolute Gasteiger partial charge is 0.255 e. The Kier molecular flexibility index (Phi) is 21.1. The molecule has 7 nitrogen and oxygen atoms in total. The van der Waals surface area contributed by atoms with Gasteiger partial charge in [-0.1, -0.05) is 82.3 Å². The molecule has 0 aliphatic heterocycles. The van der Waals surface area contributed by atoms with Gasteiger partial charge in [0.2, 0.25) is 0 Å². The number of Topliss-reactive ketones (excluding diaryl/α,β-unsaturated/α-hetero) is 1. The molecule has 3 aromatic rings. The molecule has 0 unspecified atom stereocenters. The third-order valence-corrected chi connectivity index (χ3v) is 5.02. The molecule has 0 saturated carbocycles. The number of rotatable bonds is 12. The fraction of sp³-hybridized carbons (Fsp3) is 0.343. The van der Waals surface area contributed by atoms with Crippen molar-refractivity contribution in [2.45, 2.75) is 67.6 Å². The summed E-state index contributed by atoms with van der Waals surface area (Å²) in [5.41, 5.74) is 10.0. The lowest BCUT2D eigenvalue weighted by Crippen LogP contribution is -2.20. The van der Waals surface area contributed by atoms with Crippen LogP contribution in [-0.4, -0.2) is 30.4 Å². The van der Waals surface area contributed by atoms with Gasteiger partial charge in [0.1, 0.15) is 23.9 Å². The minimum atomic E-state index is -0.448. The molecule has 1 aromatic heterocycles. The van der Waals surface area contributed by atoms with Crippen LogP contribution in [0.15, 0.2) is 73.3 Å². The van der Waals surface area contributed by atoms with Gasteiger partial charge in [0, 0.05) is 7.11 Å².